The molecule has 1 aliphatic carbocycles. The van der Waals surface area contributed by atoms with Gasteiger partial charge in [0.2, 0.25) is 0 Å². The van der Waals surface area contributed by atoms with Crippen LogP contribution in [0.1, 0.15) is 50.5 Å². The fraction of sp³-hybridized carbons (Fsp3) is 0.556. The Balaban J connectivity index is 1.94. The van der Waals surface area contributed by atoms with Crippen molar-refractivity contribution in [2.24, 2.45) is 17.8 Å². The van der Waals surface area contributed by atoms with Crippen molar-refractivity contribution in [2.45, 2.75) is 46.1 Å². The molecule has 21 heavy (non-hydrogen) atoms. The van der Waals surface area contributed by atoms with Gasteiger partial charge in [-0.3, -0.25) is 0 Å². The van der Waals surface area contributed by atoms with E-state index in [1.54, 1.807) is 6.07 Å². The van der Waals surface area contributed by atoms with E-state index in [4.69, 9.17) is 4.42 Å². The summed E-state index contributed by atoms with van der Waals surface area (Å²) < 4.78 is 19.2. The van der Waals surface area contributed by atoms with E-state index in [0.717, 1.165) is 23.8 Å². The van der Waals surface area contributed by atoms with E-state index < -0.39 is 6.10 Å². The van der Waals surface area contributed by atoms with Gasteiger partial charge in [-0.15, -0.1) is 0 Å². The fourth-order valence-electron chi connectivity index (χ4n) is 3.98. The number of rotatable bonds is 2. The average Bonchev–Trinajstić information content (AvgIpc) is 2.74. The molecule has 0 bridgehead atoms. The van der Waals surface area contributed by atoms with E-state index in [0.29, 0.717) is 23.2 Å². The van der Waals surface area contributed by atoms with Crippen molar-refractivity contribution in [3.63, 3.8) is 0 Å². The molecule has 0 spiro atoms. The van der Waals surface area contributed by atoms with Gasteiger partial charge in [-0.05, 0) is 62.1 Å². The highest BCUT2D eigenvalue weighted by Crippen LogP contribution is 2.42. The molecule has 1 saturated carbocycles. The predicted molar refractivity (Wildman–Crippen MR) is 81.5 cm³/mol. The van der Waals surface area contributed by atoms with E-state index in [1.807, 2.05) is 6.92 Å². The Morgan fingerprint density at radius 3 is 2.52 bits per heavy atom. The Morgan fingerprint density at radius 1 is 1.19 bits per heavy atom. The smallest absolute Gasteiger partial charge is 0.136 e. The zero-order valence-electron chi connectivity index (χ0n) is 12.9. The van der Waals surface area contributed by atoms with Crippen molar-refractivity contribution < 1.29 is 13.9 Å². The molecule has 3 unspecified atom stereocenters. The first kappa shape index (κ1) is 14.6. The average molecular weight is 290 g/mol. The molecule has 2 nitrogen and oxygen atoms in total. The molecule has 1 aromatic heterocycles. The van der Waals surface area contributed by atoms with Crippen LogP contribution >= 0.6 is 0 Å². The number of halogens is 1. The Morgan fingerprint density at radius 2 is 1.86 bits per heavy atom. The summed E-state index contributed by atoms with van der Waals surface area (Å²) in [7, 11) is 0. The summed E-state index contributed by atoms with van der Waals surface area (Å²) in [6, 6.07) is 4.52. The normalized spacial score (nSPS) is 28.0. The summed E-state index contributed by atoms with van der Waals surface area (Å²) in [4.78, 5) is 0. The topological polar surface area (TPSA) is 33.4 Å². The van der Waals surface area contributed by atoms with Crippen molar-refractivity contribution in [3.8, 4) is 0 Å². The van der Waals surface area contributed by atoms with Crippen LogP contribution in [0.15, 0.2) is 22.6 Å². The van der Waals surface area contributed by atoms with Gasteiger partial charge in [-0.25, -0.2) is 4.39 Å². The number of furan rings is 1. The van der Waals surface area contributed by atoms with Crippen molar-refractivity contribution in [1.82, 2.24) is 0 Å². The molecule has 1 heterocycles. The highest BCUT2D eigenvalue weighted by molar-refractivity contribution is 5.82. The van der Waals surface area contributed by atoms with Crippen LogP contribution in [0, 0.1) is 30.5 Å². The molecule has 2 aromatic rings. The van der Waals surface area contributed by atoms with Crippen molar-refractivity contribution in [2.75, 3.05) is 0 Å². The maximum atomic E-state index is 13.4. The maximum Gasteiger partial charge on any atom is 0.136 e. The standard InChI is InChI=1S/C18H23FO2/c1-10-6-11(2)8-13(7-10)17(20)18-12(3)15-9-14(19)4-5-16(15)21-18/h4-5,9-11,13,17,20H,6-8H2,1-3H3. The zero-order chi connectivity index (χ0) is 15.1. The molecule has 0 saturated heterocycles. The highest BCUT2D eigenvalue weighted by Gasteiger charge is 2.32. The van der Waals surface area contributed by atoms with Crippen LogP contribution in [0.5, 0.6) is 0 Å². The molecular formula is C18H23FO2. The second kappa shape index (κ2) is 5.45. The molecule has 1 aromatic carbocycles. The van der Waals surface area contributed by atoms with E-state index >= 15 is 0 Å². The minimum Gasteiger partial charge on any atom is -0.458 e. The number of aryl methyl sites for hydroxylation is 1. The first-order valence-corrected chi connectivity index (χ1v) is 7.82. The van der Waals surface area contributed by atoms with E-state index in [2.05, 4.69) is 13.8 Å². The van der Waals surface area contributed by atoms with Crippen LogP contribution in [0.2, 0.25) is 0 Å². The monoisotopic (exact) mass is 290 g/mol. The highest BCUT2D eigenvalue weighted by atomic mass is 19.1. The second-order valence-corrected chi connectivity index (χ2v) is 6.85. The van der Waals surface area contributed by atoms with Gasteiger partial charge in [0, 0.05) is 10.9 Å². The lowest BCUT2D eigenvalue weighted by atomic mass is 9.74. The van der Waals surface area contributed by atoms with Crippen molar-refractivity contribution in [1.29, 1.82) is 0 Å². The lowest BCUT2D eigenvalue weighted by Crippen LogP contribution is -2.24. The Kier molecular flexibility index (Phi) is 3.78. The van der Waals surface area contributed by atoms with Gasteiger partial charge in [-0.2, -0.15) is 0 Å². The van der Waals surface area contributed by atoms with Gasteiger partial charge >= 0.3 is 0 Å². The number of hydrogen-bond donors (Lipinski definition) is 1. The first-order valence-electron chi connectivity index (χ1n) is 7.82. The fourth-order valence-corrected chi connectivity index (χ4v) is 3.98. The van der Waals surface area contributed by atoms with Crippen LogP contribution < -0.4 is 0 Å². The van der Waals surface area contributed by atoms with E-state index in [9.17, 15) is 9.50 Å². The molecule has 0 radical (unpaired) electrons. The number of aliphatic hydroxyl groups is 1. The Hall–Kier alpha value is -1.35. The third-order valence-electron chi connectivity index (χ3n) is 4.87. The van der Waals surface area contributed by atoms with E-state index in [1.165, 1.54) is 18.6 Å². The molecule has 1 fully saturated rings. The third-order valence-corrected chi connectivity index (χ3v) is 4.87. The number of hydrogen-bond acceptors (Lipinski definition) is 2. The summed E-state index contributed by atoms with van der Waals surface area (Å²) in [5.74, 6) is 1.84. The molecule has 1 N–H and O–H groups in total. The molecule has 114 valence electrons. The van der Waals surface area contributed by atoms with Gasteiger partial charge in [0.05, 0.1) is 0 Å². The molecule has 0 amide bonds. The minimum absolute atomic E-state index is 0.229. The van der Waals surface area contributed by atoms with Gasteiger partial charge in [0.15, 0.2) is 0 Å². The number of fused-ring (bicyclic) bond motifs is 1. The lowest BCUT2D eigenvalue weighted by molar-refractivity contribution is 0.0402. The molecule has 3 rings (SSSR count). The van der Waals surface area contributed by atoms with Crippen LogP contribution in [-0.4, -0.2) is 5.11 Å². The molecule has 1 aliphatic rings. The first-order chi connectivity index (χ1) is 9.95. The van der Waals surface area contributed by atoms with Gasteiger partial charge in [-0.1, -0.05) is 13.8 Å². The summed E-state index contributed by atoms with van der Waals surface area (Å²) in [5.41, 5.74) is 1.52. The predicted octanol–water partition coefficient (Wildman–Crippen LogP) is 4.99. The van der Waals surface area contributed by atoms with Crippen molar-refractivity contribution >= 4 is 11.0 Å². The largest absolute Gasteiger partial charge is 0.458 e. The summed E-state index contributed by atoms with van der Waals surface area (Å²) in [6.07, 6.45) is 2.69. The minimum atomic E-state index is -0.592. The summed E-state index contributed by atoms with van der Waals surface area (Å²) >= 11 is 0. The SMILES string of the molecule is Cc1c(C(O)C2CC(C)CC(C)C2)oc2ccc(F)cc12. The van der Waals surface area contributed by atoms with Gasteiger partial charge < -0.3 is 9.52 Å². The van der Waals surface area contributed by atoms with Gasteiger partial charge in [0.25, 0.3) is 0 Å². The third kappa shape index (κ3) is 2.71. The van der Waals surface area contributed by atoms with Crippen LogP contribution in [-0.2, 0) is 0 Å². The number of benzene rings is 1. The molecule has 0 aliphatic heterocycles. The van der Waals surface area contributed by atoms with Crippen molar-refractivity contribution in [3.05, 3.63) is 35.3 Å². The molecule has 3 atom stereocenters. The van der Waals surface area contributed by atoms with Crippen LogP contribution in [0.25, 0.3) is 11.0 Å². The summed E-state index contributed by atoms with van der Waals surface area (Å²) in [6.45, 7) is 6.39. The van der Waals surface area contributed by atoms with E-state index in [-0.39, 0.29) is 11.7 Å². The Labute approximate surface area is 125 Å². The van der Waals surface area contributed by atoms with Crippen LogP contribution in [0.3, 0.4) is 0 Å². The zero-order valence-corrected chi connectivity index (χ0v) is 12.9. The molecular weight excluding hydrogens is 267 g/mol. The van der Waals surface area contributed by atoms with Crippen LogP contribution in [0.4, 0.5) is 4.39 Å². The maximum absolute atomic E-state index is 13.4. The second-order valence-electron chi connectivity index (χ2n) is 6.85. The molecule has 3 heteroatoms. The summed E-state index contributed by atoms with van der Waals surface area (Å²) in [5, 5.41) is 11.5. The Bertz CT molecular complexity index is 636. The quantitative estimate of drug-likeness (QED) is 0.845. The number of aliphatic hydroxyl groups excluding tert-OH is 1. The van der Waals surface area contributed by atoms with Gasteiger partial charge in [0.1, 0.15) is 23.3 Å². The lowest BCUT2D eigenvalue weighted by Gasteiger charge is -2.33.